The van der Waals surface area contributed by atoms with E-state index in [0.717, 1.165) is 56.3 Å². The fourth-order valence-electron chi connectivity index (χ4n) is 3.51. The quantitative estimate of drug-likeness (QED) is 0.483. The minimum absolute atomic E-state index is 0.0315. The number of aliphatic hydroxyl groups is 1. The Morgan fingerprint density at radius 1 is 1.44 bits per heavy atom. The van der Waals surface area contributed by atoms with Crippen LogP contribution in [0.4, 0.5) is 0 Å². The zero-order valence-corrected chi connectivity index (χ0v) is 16.4. The van der Waals surface area contributed by atoms with Crippen LogP contribution in [0.3, 0.4) is 0 Å². The molecule has 1 unspecified atom stereocenters. The summed E-state index contributed by atoms with van der Waals surface area (Å²) in [6, 6.07) is 4.12. The molecule has 0 aliphatic carbocycles. The predicted molar refractivity (Wildman–Crippen MR) is 107 cm³/mol. The summed E-state index contributed by atoms with van der Waals surface area (Å²) in [4.78, 5) is 9.47. The van der Waals surface area contributed by atoms with E-state index in [1.54, 1.807) is 0 Å². The SMILES string of the molecule is CCNC(=NCC1(CCO)CCOC1)NCCc1cn2cccc(C)c2n1. The number of guanidine groups is 1. The van der Waals surface area contributed by atoms with Crippen molar-refractivity contribution in [2.45, 2.75) is 33.1 Å². The number of nitrogens with one attached hydrogen (secondary N) is 2. The van der Waals surface area contributed by atoms with Crippen LogP contribution in [0.2, 0.25) is 0 Å². The smallest absolute Gasteiger partial charge is 0.191 e. The van der Waals surface area contributed by atoms with Gasteiger partial charge in [0.05, 0.1) is 18.8 Å². The van der Waals surface area contributed by atoms with E-state index in [4.69, 9.17) is 14.7 Å². The monoisotopic (exact) mass is 373 g/mol. The van der Waals surface area contributed by atoms with Gasteiger partial charge < -0.3 is 24.9 Å². The van der Waals surface area contributed by atoms with Gasteiger partial charge in [0.15, 0.2) is 5.96 Å². The van der Waals surface area contributed by atoms with Crippen LogP contribution in [-0.4, -0.2) is 59.9 Å². The molecule has 2 aromatic rings. The van der Waals surface area contributed by atoms with Crippen molar-refractivity contribution in [3.05, 3.63) is 35.8 Å². The Kier molecular flexibility index (Phi) is 6.68. The number of aromatic nitrogens is 2. The first-order valence-electron chi connectivity index (χ1n) is 9.80. The number of hydrogen-bond acceptors (Lipinski definition) is 4. The number of imidazole rings is 1. The maximum absolute atomic E-state index is 9.36. The highest BCUT2D eigenvalue weighted by atomic mass is 16.5. The van der Waals surface area contributed by atoms with Gasteiger partial charge in [0.2, 0.25) is 0 Å². The molecule has 3 heterocycles. The number of nitrogens with zero attached hydrogens (tertiary/aromatic N) is 3. The number of ether oxygens (including phenoxy) is 1. The number of fused-ring (bicyclic) bond motifs is 1. The molecule has 3 N–H and O–H groups in total. The number of pyridine rings is 1. The molecular formula is C20H31N5O2. The zero-order valence-electron chi connectivity index (χ0n) is 16.4. The molecule has 3 rings (SSSR count). The van der Waals surface area contributed by atoms with E-state index in [9.17, 15) is 5.11 Å². The van der Waals surface area contributed by atoms with Gasteiger partial charge in [-0.05, 0) is 38.3 Å². The highest BCUT2D eigenvalue weighted by Gasteiger charge is 2.34. The molecular weight excluding hydrogens is 342 g/mol. The van der Waals surface area contributed by atoms with Gasteiger partial charge in [-0.1, -0.05) is 6.07 Å². The van der Waals surface area contributed by atoms with Crippen molar-refractivity contribution in [2.75, 3.05) is 39.5 Å². The molecule has 7 heteroatoms. The molecule has 2 aromatic heterocycles. The van der Waals surface area contributed by atoms with Crippen molar-refractivity contribution in [3.63, 3.8) is 0 Å². The maximum atomic E-state index is 9.36. The molecule has 1 atom stereocenters. The van der Waals surface area contributed by atoms with Gasteiger partial charge in [-0.3, -0.25) is 4.99 Å². The zero-order chi connectivity index (χ0) is 19.1. The number of aliphatic imine (C=N–C) groups is 1. The van der Waals surface area contributed by atoms with Crippen molar-refractivity contribution >= 4 is 11.6 Å². The maximum Gasteiger partial charge on any atom is 0.191 e. The molecule has 0 bridgehead atoms. The summed E-state index contributed by atoms with van der Waals surface area (Å²) >= 11 is 0. The molecule has 7 nitrogen and oxygen atoms in total. The fourth-order valence-corrected chi connectivity index (χ4v) is 3.51. The van der Waals surface area contributed by atoms with Crippen LogP contribution in [0, 0.1) is 12.3 Å². The lowest BCUT2D eigenvalue weighted by atomic mass is 9.84. The lowest BCUT2D eigenvalue weighted by Gasteiger charge is -2.24. The molecule has 0 amide bonds. The van der Waals surface area contributed by atoms with Gasteiger partial charge in [0.25, 0.3) is 0 Å². The van der Waals surface area contributed by atoms with Crippen LogP contribution < -0.4 is 10.6 Å². The largest absolute Gasteiger partial charge is 0.396 e. The third-order valence-electron chi connectivity index (χ3n) is 5.15. The van der Waals surface area contributed by atoms with Crippen LogP contribution in [0.25, 0.3) is 5.65 Å². The Balaban J connectivity index is 1.57. The third-order valence-corrected chi connectivity index (χ3v) is 5.15. The number of hydrogen-bond donors (Lipinski definition) is 3. The molecule has 1 aliphatic rings. The van der Waals surface area contributed by atoms with Gasteiger partial charge in [-0.25, -0.2) is 4.98 Å². The number of rotatable bonds is 8. The summed E-state index contributed by atoms with van der Waals surface area (Å²) in [5, 5.41) is 16.1. The van der Waals surface area contributed by atoms with E-state index >= 15 is 0 Å². The Morgan fingerprint density at radius 2 is 2.33 bits per heavy atom. The molecule has 148 valence electrons. The molecule has 0 aromatic carbocycles. The summed E-state index contributed by atoms with van der Waals surface area (Å²) in [6.07, 6.45) is 6.63. The van der Waals surface area contributed by atoms with Crippen molar-refractivity contribution in [2.24, 2.45) is 10.4 Å². The lowest BCUT2D eigenvalue weighted by molar-refractivity contribution is 0.131. The Hall–Kier alpha value is -2.12. The minimum atomic E-state index is -0.0315. The third kappa shape index (κ3) is 4.99. The number of aryl methyl sites for hydroxylation is 1. The molecule has 27 heavy (non-hydrogen) atoms. The summed E-state index contributed by atoms with van der Waals surface area (Å²) in [5.74, 6) is 0.807. The second kappa shape index (κ2) is 9.19. The van der Waals surface area contributed by atoms with Crippen LogP contribution in [-0.2, 0) is 11.2 Å². The molecule has 1 fully saturated rings. The summed E-state index contributed by atoms with van der Waals surface area (Å²) in [5.41, 5.74) is 3.23. The number of aliphatic hydroxyl groups excluding tert-OH is 1. The van der Waals surface area contributed by atoms with Crippen molar-refractivity contribution < 1.29 is 9.84 Å². The van der Waals surface area contributed by atoms with Crippen molar-refractivity contribution in [3.8, 4) is 0 Å². The molecule has 1 aliphatic heterocycles. The predicted octanol–water partition coefficient (Wildman–Crippen LogP) is 1.53. The first-order valence-corrected chi connectivity index (χ1v) is 9.80. The highest BCUT2D eigenvalue weighted by molar-refractivity contribution is 5.79. The second-order valence-electron chi connectivity index (χ2n) is 7.30. The summed E-state index contributed by atoms with van der Waals surface area (Å²) in [6.45, 7) is 7.98. The van der Waals surface area contributed by atoms with Gasteiger partial charge >= 0.3 is 0 Å². The van der Waals surface area contributed by atoms with Gasteiger partial charge in [-0.2, -0.15) is 0 Å². The first kappa shape index (κ1) is 19.6. The fraction of sp³-hybridized carbons (Fsp3) is 0.600. The molecule has 0 saturated carbocycles. The normalized spacial score (nSPS) is 20.3. The molecule has 0 radical (unpaired) electrons. The van der Waals surface area contributed by atoms with Gasteiger partial charge in [-0.15, -0.1) is 0 Å². The summed E-state index contributed by atoms with van der Waals surface area (Å²) < 4.78 is 7.62. The average Bonchev–Trinajstić information content (AvgIpc) is 3.28. The topological polar surface area (TPSA) is 83.2 Å². The first-order chi connectivity index (χ1) is 13.2. The standard InChI is InChI=1S/C20H31N5O2/c1-3-21-19(23-14-20(7-11-26)8-12-27-15-20)22-9-6-17-13-25-10-4-5-16(2)18(25)24-17/h4-5,10,13,26H,3,6-9,11-12,14-15H2,1-2H3,(H2,21,22,23). The average molecular weight is 374 g/mol. The molecule has 1 saturated heterocycles. The van der Waals surface area contributed by atoms with Crippen LogP contribution in [0.5, 0.6) is 0 Å². The van der Waals surface area contributed by atoms with Crippen LogP contribution in [0.1, 0.15) is 31.0 Å². The minimum Gasteiger partial charge on any atom is -0.396 e. The van der Waals surface area contributed by atoms with Gasteiger partial charge in [0, 0.05) is 50.5 Å². The van der Waals surface area contributed by atoms with Crippen molar-refractivity contribution in [1.29, 1.82) is 0 Å². The van der Waals surface area contributed by atoms with Crippen LogP contribution in [0.15, 0.2) is 29.5 Å². The van der Waals surface area contributed by atoms with E-state index in [2.05, 4.69) is 41.1 Å². The van der Waals surface area contributed by atoms with Gasteiger partial charge in [0.1, 0.15) is 5.65 Å². The summed E-state index contributed by atoms with van der Waals surface area (Å²) in [7, 11) is 0. The highest BCUT2D eigenvalue weighted by Crippen LogP contribution is 2.32. The van der Waals surface area contributed by atoms with Crippen molar-refractivity contribution in [1.82, 2.24) is 20.0 Å². The van der Waals surface area contributed by atoms with E-state index in [1.807, 2.05) is 12.3 Å². The Morgan fingerprint density at radius 3 is 3.04 bits per heavy atom. The van der Waals surface area contributed by atoms with E-state index < -0.39 is 0 Å². The Bertz CT molecular complexity index is 765. The van der Waals surface area contributed by atoms with Crippen LogP contribution >= 0.6 is 0 Å². The second-order valence-corrected chi connectivity index (χ2v) is 7.30. The van der Waals surface area contributed by atoms with E-state index in [0.29, 0.717) is 13.2 Å². The Labute approximate surface area is 160 Å². The van der Waals surface area contributed by atoms with E-state index in [1.165, 1.54) is 5.56 Å². The lowest BCUT2D eigenvalue weighted by Crippen LogP contribution is -2.39. The molecule has 0 spiro atoms. The van der Waals surface area contributed by atoms with E-state index in [-0.39, 0.29) is 12.0 Å².